The van der Waals surface area contributed by atoms with Crippen molar-refractivity contribution in [2.45, 2.75) is 39.2 Å². The summed E-state index contributed by atoms with van der Waals surface area (Å²) in [5.41, 5.74) is 5.35. The number of aliphatic hydroxyl groups excluding tert-OH is 1. The molecule has 1 heterocycles. The maximum Gasteiger partial charge on any atom is 0.229 e. The minimum Gasteiger partial charge on any atom is -0.496 e. The van der Waals surface area contributed by atoms with Crippen molar-refractivity contribution in [2.75, 3.05) is 25.2 Å². The van der Waals surface area contributed by atoms with Gasteiger partial charge in [-0.1, -0.05) is 45.1 Å². The number of aromatic nitrogens is 1. The topological polar surface area (TPSA) is 97.8 Å². The highest BCUT2D eigenvalue weighted by atomic mass is 32.2. The molecule has 192 valence electrons. The fourth-order valence-electron chi connectivity index (χ4n) is 3.84. The molecule has 0 aliphatic heterocycles. The zero-order valence-corrected chi connectivity index (χ0v) is 22.6. The number of rotatable bonds is 8. The first-order chi connectivity index (χ1) is 16.8. The summed E-state index contributed by atoms with van der Waals surface area (Å²) in [4.78, 5) is 4.49. The highest BCUT2D eigenvalue weighted by molar-refractivity contribution is 7.92. The summed E-state index contributed by atoms with van der Waals surface area (Å²) in [5, 5.41) is 9.94. The number of methoxy groups -OCH3 is 2. The van der Waals surface area contributed by atoms with E-state index in [9.17, 15) is 13.5 Å². The maximum atomic E-state index is 11.5. The number of benzene rings is 2. The van der Waals surface area contributed by atoms with Gasteiger partial charge in [-0.15, -0.1) is 0 Å². The van der Waals surface area contributed by atoms with Crippen LogP contribution in [-0.4, -0.2) is 39.0 Å². The molecule has 0 saturated heterocycles. The molecule has 1 aromatic heterocycles. The lowest BCUT2D eigenvalue weighted by atomic mass is 9.83. The molecule has 2 aromatic carbocycles. The second kappa shape index (κ2) is 10.7. The molecule has 0 saturated carbocycles. The standard InChI is InChI=1S/C28H34N2O5S/c1-18(31)25-15-14-23(27(29-25)35-6)21-16-20(26(34-5)24(17-21)28(2,3)4)11-8-19-9-12-22(13-10-19)30-36(7,32)33/h8-18,30-31H,1-7H3. The Hall–Kier alpha value is -3.36. The highest BCUT2D eigenvalue weighted by Gasteiger charge is 2.23. The predicted octanol–water partition coefficient (Wildman–Crippen LogP) is 5.66. The van der Waals surface area contributed by atoms with Gasteiger partial charge in [-0.3, -0.25) is 4.72 Å². The predicted molar refractivity (Wildman–Crippen MR) is 146 cm³/mol. The van der Waals surface area contributed by atoms with Gasteiger partial charge in [0.25, 0.3) is 0 Å². The van der Waals surface area contributed by atoms with E-state index in [1.807, 2.05) is 36.4 Å². The normalized spacial score (nSPS) is 13.0. The number of aliphatic hydroxyl groups is 1. The van der Waals surface area contributed by atoms with E-state index in [1.54, 1.807) is 39.3 Å². The lowest BCUT2D eigenvalue weighted by Gasteiger charge is -2.25. The monoisotopic (exact) mass is 510 g/mol. The van der Waals surface area contributed by atoms with E-state index in [-0.39, 0.29) is 5.41 Å². The van der Waals surface area contributed by atoms with Crippen molar-refractivity contribution in [2.24, 2.45) is 0 Å². The van der Waals surface area contributed by atoms with Crippen LogP contribution in [0.1, 0.15) is 56.2 Å². The molecule has 7 nitrogen and oxygen atoms in total. The quantitative estimate of drug-likeness (QED) is 0.380. The summed E-state index contributed by atoms with van der Waals surface area (Å²) in [6.07, 6.45) is 4.34. The van der Waals surface area contributed by atoms with Crippen molar-refractivity contribution in [3.8, 4) is 22.8 Å². The molecular weight excluding hydrogens is 476 g/mol. The summed E-state index contributed by atoms with van der Waals surface area (Å²) in [5.74, 6) is 1.20. The molecule has 0 amide bonds. The molecule has 36 heavy (non-hydrogen) atoms. The Morgan fingerprint density at radius 3 is 2.19 bits per heavy atom. The van der Waals surface area contributed by atoms with Crippen molar-refractivity contribution in [3.63, 3.8) is 0 Å². The van der Waals surface area contributed by atoms with Gasteiger partial charge in [0.2, 0.25) is 15.9 Å². The maximum absolute atomic E-state index is 11.5. The summed E-state index contributed by atoms with van der Waals surface area (Å²) >= 11 is 0. The first-order valence-corrected chi connectivity index (χ1v) is 13.4. The van der Waals surface area contributed by atoms with Crippen LogP contribution in [0.2, 0.25) is 0 Å². The summed E-state index contributed by atoms with van der Waals surface area (Å²) in [7, 11) is -0.107. The van der Waals surface area contributed by atoms with E-state index >= 15 is 0 Å². The lowest BCUT2D eigenvalue weighted by molar-refractivity contribution is 0.193. The Bertz CT molecular complexity index is 1360. The largest absolute Gasteiger partial charge is 0.496 e. The van der Waals surface area contributed by atoms with Crippen LogP contribution >= 0.6 is 0 Å². The Morgan fingerprint density at radius 1 is 1.00 bits per heavy atom. The van der Waals surface area contributed by atoms with E-state index in [2.05, 4.69) is 36.5 Å². The first kappa shape index (κ1) is 27.2. The number of nitrogens with zero attached hydrogens (tertiary/aromatic N) is 1. The molecule has 3 rings (SSSR count). The molecule has 0 bridgehead atoms. The average Bonchev–Trinajstić information content (AvgIpc) is 2.81. The van der Waals surface area contributed by atoms with Crippen LogP contribution in [0.4, 0.5) is 5.69 Å². The third-order valence-electron chi connectivity index (χ3n) is 5.61. The Balaban J connectivity index is 2.11. The van der Waals surface area contributed by atoms with Crippen LogP contribution in [0.25, 0.3) is 23.3 Å². The fourth-order valence-corrected chi connectivity index (χ4v) is 4.40. The fraction of sp³-hybridized carbons (Fsp3) is 0.321. The molecule has 0 radical (unpaired) electrons. The highest BCUT2D eigenvalue weighted by Crippen LogP contribution is 2.40. The Morgan fingerprint density at radius 2 is 1.67 bits per heavy atom. The van der Waals surface area contributed by atoms with Crippen molar-refractivity contribution in [3.05, 3.63) is 70.9 Å². The molecular formula is C28H34N2O5S. The van der Waals surface area contributed by atoms with Crippen molar-refractivity contribution in [1.82, 2.24) is 4.98 Å². The molecule has 0 aliphatic carbocycles. The van der Waals surface area contributed by atoms with Gasteiger partial charge in [0, 0.05) is 22.4 Å². The van der Waals surface area contributed by atoms with E-state index < -0.39 is 16.1 Å². The van der Waals surface area contributed by atoms with Crippen molar-refractivity contribution in [1.29, 1.82) is 0 Å². The van der Waals surface area contributed by atoms with E-state index in [4.69, 9.17) is 9.47 Å². The number of pyridine rings is 1. The third-order valence-corrected chi connectivity index (χ3v) is 6.22. The number of sulfonamides is 1. The van der Waals surface area contributed by atoms with Gasteiger partial charge >= 0.3 is 0 Å². The van der Waals surface area contributed by atoms with Gasteiger partial charge in [-0.2, -0.15) is 0 Å². The smallest absolute Gasteiger partial charge is 0.229 e. The second-order valence-electron chi connectivity index (χ2n) is 9.69. The minimum absolute atomic E-state index is 0.205. The van der Waals surface area contributed by atoms with Gasteiger partial charge < -0.3 is 14.6 Å². The first-order valence-electron chi connectivity index (χ1n) is 11.5. The molecule has 3 aromatic rings. The van der Waals surface area contributed by atoms with E-state index in [1.165, 1.54) is 0 Å². The zero-order chi connectivity index (χ0) is 26.7. The van der Waals surface area contributed by atoms with Crippen LogP contribution in [0.15, 0.2) is 48.5 Å². The third kappa shape index (κ3) is 6.65. The summed E-state index contributed by atoms with van der Waals surface area (Å²) < 4.78 is 36.8. The zero-order valence-electron chi connectivity index (χ0n) is 21.8. The van der Waals surface area contributed by atoms with Crippen LogP contribution in [0, 0.1) is 0 Å². The van der Waals surface area contributed by atoms with Crippen LogP contribution in [-0.2, 0) is 15.4 Å². The number of ether oxygens (including phenoxy) is 2. The lowest BCUT2D eigenvalue weighted by Crippen LogP contribution is -2.14. The summed E-state index contributed by atoms with van der Waals surface area (Å²) in [6, 6.07) is 14.9. The molecule has 2 N–H and O–H groups in total. The van der Waals surface area contributed by atoms with Crippen LogP contribution < -0.4 is 14.2 Å². The Labute approximate surface area is 213 Å². The van der Waals surface area contributed by atoms with Crippen LogP contribution in [0.5, 0.6) is 11.6 Å². The Kier molecular flexibility index (Phi) is 8.11. The van der Waals surface area contributed by atoms with E-state index in [0.29, 0.717) is 17.3 Å². The van der Waals surface area contributed by atoms with Crippen molar-refractivity contribution >= 4 is 27.9 Å². The second-order valence-corrected chi connectivity index (χ2v) is 11.4. The SMILES string of the molecule is COc1nc(C(C)O)ccc1-c1cc(C=Cc2ccc(NS(C)(=O)=O)cc2)c(OC)c(C(C)(C)C)c1. The number of anilines is 1. The molecule has 8 heteroatoms. The van der Waals surface area contributed by atoms with Crippen molar-refractivity contribution < 1.29 is 23.0 Å². The molecule has 1 unspecified atom stereocenters. The minimum atomic E-state index is -3.33. The van der Waals surface area contributed by atoms with Crippen LogP contribution in [0.3, 0.4) is 0 Å². The number of hydrogen-bond donors (Lipinski definition) is 2. The molecule has 1 atom stereocenters. The summed E-state index contributed by atoms with van der Waals surface area (Å²) in [6.45, 7) is 8.05. The molecule has 0 aliphatic rings. The van der Waals surface area contributed by atoms with Gasteiger partial charge in [-0.25, -0.2) is 13.4 Å². The molecule has 0 spiro atoms. The van der Waals surface area contributed by atoms with Gasteiger partial charge in [0.1, 0.15) is 5.75 Å². The van der Waals surface area contributed by atoms with Gasteiger partial charge in [-0.05, 0) is 59.9 Å². The van der Waals surface area contributed by atoms with E-state index in [0.717, 1.165) is 39.8 Å². The average molecular weight is 511 g/mol. The molecule has 0 fully saturated rings. The number of nitrogens with one attached hydrogen (secondary N) is 1. The van der Waals surface area contributed by atoms with Gasteiger partial charge in [0.15, 0.2) is 0 Å². The van der Waals surface area contributed by atoms with Gasteiger partial charge in [0.05, 0.1) is 32.3 Å². The number of hydrogen-bond acceptors (Lipinski definition) is 6.